The van der Waals surface area contributed by atoms with Crippen LogP contribution >= 0.6 is 23.4 Å². The van der Waals surface area contributed by atoms with Gasteiger partial charge >= 0.3 is 0 Å². The molecule has 1 aliphatic rings. The molecule has 1 amide bonds. The lowest BCUT2D eigenvalue weighted by molar-refractivity contribution is -0.131. The number of thioether (sulfide) groups is 1. The summed E-state index contributed by atoms with van der Waals surface area (Å²) in [5.41, 5.74) is 3.87. The number of hydrazine groups is 1. The van der Waals surface area contributed by atoms with Crippen LogP contribution in [-0.4, -0.2) is 22.7 Å². The lowest BCUT2D eigenvalue weighted by Gasteiger charge is -2.17. The Morgan fingerprint density at radius 2 is 1.93 bits per heavy atom. The normalized spacial score (nSPS) is 17.8. The van der Waals surface area contributed by atoms with Crippen molar-refractivity contribution in [2.75, 3.05) is 6.61 Å². The van der Waals surface area contributed by atoms with Crippen molar-refractivity contribution in [3.05, 3.63) is 83.8 Å². The molecule has 3 aromatic rings. The largest absolute Gasteiger partial charge is 0.482 e. The third-order valence-corrected chi connectivity index (χ3v) is 5.25. The van der Waals surface area contributed by atoms with E-state index in [9.17, 15) is 4.79 Å². The van der Waals surface area contributed by atoms with E-state index in [-0.39, 0.29) is 17.9 Å². The molecule has 1 fully saturated rings. The number of nitrogens with one attached hydrogen (secondary N) is 1. The number of furan rings is 1. The maximum atomic E-state index is 12.8. The first-order valence-corrected chi connectivity index (χ1v) is 9.77. The molecule has 1 aliphatic heterocycles. The van der Waals surface area contributed by atoms with Crippen molar-refractivity contribution in [2.24, 2.45) is 4.99 Å². The molecule has 0 radical (unpaired) electrons. The van der Waals surface area contributed by atoms with Crippen LogP contribution in [0.15, 0.2) is 82.4 Å². The van der Waals surface area contributed by atoms with Gasteiger partial charge in [0.15, 0.2) is 11.8 Å². The van der Waals surface area contributed by atoms with E-state index < -0.39 is 0 Å². The highest BCUT2D eigenvalue weighted by molar-refractivity contribution is 8.14. The zero-order valence-electron chi connectivity index (χ0n) is 14.6. The summed E-state index contributed by atoms with van der Waals surface area (Å²) in [6.45, 7) is -0.185. The Labute approximate surface area is 171 Å². The minimum absolute atomic E-state index is 0.185. The number of amidine groups is 1. The lowest BCUT2D eigenvalue weighted by Crippen LogP contribution is -2.43. The molecule has 2 heterocycles. The summed E-state index contributed by atoms with van der Waals surface area (Å²) < 4.78 is 11.0. The van der Waals surface area contributed by atoms with Gasteiger partial charge in [-0.05, 0) is 36.4 Å². The van der Waals surface area contributed by atoms with Crippen molar-refractivity contribution in [1.82, 2.24) is 10.4 Å². The molecule has 0 saturated carbocycles. The molecule has 0 aliphatic carbocycles. The maximum Gasteiger partial charge on any atom is 0.281 e. The monoisotopic (exact) mass is 413 g/mol. The van der Waals surface area contributed by atoms with E-state index >= 15 is 0 Å². The summed E-state index contributed by atoms with van der Waals surface area (Å²) in [4.78, 5) is 17.4. The molecule has 0 spiro atoms. The molecule has 1 N–H and O–H groups in total. The van der Waals surface area contributed by atoms with Crippen LogP contribution in [0, 0.1) is 0 Å². The Kier molecular flexibility index (Phi) is 5.66. The number of ether oxygens (including phenoxy) is 1. The number of amides is 1. The summed E-state index contributed by atoms with van der Waals surface area (Å²) in [7, 11) is 0. The van der Waals surface area contributed by atoms with E-state index in [1.54, 1.807) is 36.6 Å². The summed E-state index contributed by atoms with van der Waals surface area (Å²) >= 11 is 7.48. The predicted molar refractivity (Wildman–Crippen MR) is 110 cm³/mol. The van der Waals surface area contributed by atoms with Gasteiger partial charge in [-0.1, -0.05) is 53.7 Å². The molecule has 142 valence electrons. The van der Waals surface area contributed by atoms with Crippen LogP contribution in [0.2, 0.25) is 5.02 Å². The second-order valence-corrected chi connectivity index (χ2v) is 7.30. The van der Waals surface area contributed by atoms with Crippen molar-refractivity contribution in [3.8, 4) is 5.75 Å². The van der Waals surface area contributed by atoms with Gasteiger partial charge in [-0.25, -0.2) is 15.4 Å². The van der Waals surface area contributed by atoms with E-state index in [4.69, 9.17) is 20.8 Å². The molecular formula is C20H16ClN3O3S. The Morgan fingerprint density at radius 3 is 2.68 bits per heavy atom. The molecule has 8 heteroatoms. The number of para-hydroxylation sites is 2. The Bertz CT molecular complexity index is 979. The summed E-state index contributed by atoms with van der Waals surface area (Å²) in [5, 5.41) is 2.09. The number of aliphatic imine (C=N–C) groups is 1. The van der Waals surface area contributed by atoms with Gasteiger partial charge in [0.1, 0.15) is 16.9 Å². The van der Waals surface area contributed by atoms with Crippen molar-refractivity contribution in [1.29, 1.82) is 0 Å². The average Bonchev–Trinajstić information content (AvgIpc) is 3.38. The predicted octanol–water partition coefficient (Wildman–Crippen LogP) is 4.78. The first-order valence-electron chi connectivity index (χ1n) is 8.51. The zero-order chi connectivity index (χ0) is 19.3. The van der Waals surface area contributed by atoms with Crippen LogP contribution in [0.3, 0.4) is 0 Å². The second-order valence-electron chi connectivity index (χ2n) is 5.82. The number of halogens is 1. The van der Waals surface area contributed by atoms with Crippen molar-refractivity contribution < 1.29 is 13.9 Å². The fourth-order valence-electron chi connectivity index (χ4n) is 2.55. The average molecular weight is 414 g/mol. The first kappa shape index (κ1) is 18.6. The number of rotatable bonds is 5. The molecule has 1 saturated heterocycles. The zero-order valence-corrected chi connectivity index (χ0v) is 16.2. The lowest BCUT2D eigenvalue weighted by atomic mass is 10.3. The number of benzene rings is 2. The van der Waals surface area contributed by atoms with Gasteiger partial charge in [0.2, 0.25) is 0 Å². The highest BCUT2D eigenvalue weighted by Gasteiger charge is 2.35. The fraction of sp³-hybridized carbons (Fsp3) is 0.100. The third kappa shape index (κ3) is 4.22. The van der Waals surface area contributed by atoms with Crippen molar-refractivity contribution >= 4 is 40.1 Å². The highest BCUT2D eigenvalue weighted by atomic mass is 35.5. The van der Waals surface area contributed by atoms with Gasteiger partial charge in [-0.3, -0.25) is 4.79 Å². The number of hydrogen-bond acceptors (Lipinski definition) is 6. The quantitative estimate of drug-likeness (QED) is 0.652. The molecule has 0 bridgehead atoms. The van der Waals surface area contributed by atoms with E-state index in [2.05, 4.69) is 10.4 Å². The van der Waals surface area contributed by atoms with Crippen LogP contribution < -0.4 is 10.2 Å². The fourth-order valence-corrected chi connectivity index (χ4v) is 3.78. The minimum Gasteiger partial charge on any atom is -0.482 e. The van der Waals surface area contributed by atoms with Gasteiger partial charge < -0.3 is 9.15 Å². The summed E-state index contributed by atoms with van der Waals surface area (Å²) in [6.07, 6.45) is 1.59. The Hall–Kier alpha value is -2.74. The smallest absolute Gasteiger partial charge is 0.281 e. The third-order valence-electron chi connectivity index (χ3n) is 3.88. The number of carbonyl (C=O) groups is 1. The first-order chi connectivity index (χ1) is 13.7. The van der Waals surface area contributed by atoms with Crippen molar-refractivity contribution in [2.45, 2.75) is 5.37 Å². The molecule has 4 rings (SSSR count). The summed E-state index contributed by atoms with van der Waals surface area (Å²) in [5.74, 6) is 0.859. The van der Waals surface area contributed by atoms with Gasteiger partial charge in [0.05, 0.1) is 17.0 Å². The molecule has 1 aromatic heterocycles. The minimum atomic E-state index is -0.295. The van der Waals surface area contributed by atoms with Crippen LogP contribution in [0.4, 0.5) is 5.69 Å². The number of hydrogen-bond donors (Lipinski definition) is 1. The summed E-state index contributed by atoms with van der Waals surface area (Å²) in [6, 6.07) is 20.1. The van der Waals surface area contributed by atoms with Gasteiger partial charge in [0, 0.05) is 0 Å². The highest BCUT2D eigenvalue weighted by Crippen LogP contribution is 2.36. The SMILES string of the molecule is O=C(COc1ccccc1Cl)N1NC(c2ccco2)SC1=Nc1ccccc1. The molecule has 6 nitrogen and oxygen atoms in total. The number of nitrogens with zero attached hydrogens (tertiary/aromatic N) is 2. The molecular weight excluding hydrogens is 398 g/mol. The Balaban J connectivity index is 1.54. The molecule has 1 unspecified atom stereocenters. The standard InChI is InChI=1S/C20H16ClN3O3S/c21-15-9-4-5-10-16(15)27-13-18(25)24-20(22-14-7-2-1-3-8-14)28-19(23-24)17-11-6-12-26-17/h1-12,19,23H,13H2. The van der Waals surface area contributed by atoms with E-state index in [1.165, 1.54) is 16.8 Å². The molecule has 1 atom stereocenters. The van der Waals surface area contributed by atoms with Crippen LogP contribution in [0.25, 0.3) is 0 Å². The topological polar surface area (TPSA) is 67.1 Å². The van der Waals surface area contributed by atoms with Gasteiger partial charge in [-0.2, -0.15) is 0 Å². The van der Waals surface area contributed by atoms with Crippen molar-refractivity contribution in [3.63, 3.8) is 0 Å². The maximum absolute atomic E-state index is 12.8. The van der Waals surface area contributed by atoms with E-state index in [0.717, 1.165) is 5.69 Å². The molecule has 28 heavy (non-hydrogen) atoms. The van der Waals surface area contributed by atoms with Crippen LogP contribution in [0.5, 0.6) is 5.75 Å². The van der Waals surface area contributed by atoms with Crippen LogP contribution in [-0.2, 0) is 4.79 Å². The Morgan fingerprint density at radius 1 is 1.14 bits per heavy atom. The van der Waals surface area contributed by atoms with E-state index in [0.29, 0.717) is 21.7 Å². The van der Waals surface area contributed by atoms with Gasteiger partial charge in [-0.15, -0.1) is 0 Å². The molecule has 2 aromatic carbocycles. The van der Waals surface area contributed by atoms with Gasteiger partial charge in [0.25, 0.3) is 5.91 Å². The van der Waals surface area contributed by atoms with E-state index in [1.807, 2.05) is 36.4 Å². The van der Waals surface area contributed by atoms with Crippen LogP contribution in [0.1, 0.15) is 11.1 Å². The number of carbonyl (C=O) groups excluding carboxylic acids is 1. The second kappa shape index (κ2) is 8.52.